The van der Waals surface area contributed by atoms with Crippen LogP contribution in [0.15, 0.2) is 0 Å². The Bertz CT molecular complexity index is 167. The predicted molar refractivity (Wildman–Crippen MR) is 71.4 cm³/mol. The van der Waals surface area contributed by atoms with Gasteiger partial charge in [-0.05, 0) is 32.4 Å². The largest absolute Gasteiger partial charge is 0.380 e. The number of ether oxygens (including phenoxy) is 1. The second kappa shape index (κ2) is 9.23. The minimum Gasteiger partial charge on any atom is -0.380 e. The quantitative estimate of drug-likeness (QED) is 0.728. The van der Waals surface area contributed by atoms with Gasteiger partial charge in [-0.3, -0.25) is 4.90 Å². The fraction of sp³-hybridized carbons (Fsp3) is 1.00. The van der Waals surface area contributed by atoms with E-state index in [1.165, 1.54) is 25.9 Å². The Morgan fingerprint density at radius 3 is 2.81 bits per heavy atom. The van der Waals surface area contributed by atoms with Crippen molar-refractivity contribution in [2.45, 2.75) is 32.7 Å². The van der Waals surface area contributed by atoms with Crippen LogP contribution in [0.3, 0.4) is 0 Å². The van der Waals surface area contributed by atoms with Crippen molar-refractivity contribution in [1.82, 2.24) is 10.2 Å². The maximum atomic E-state index is 5.60. The first-order chi connectivity index (χ1) is 7.22. The molecule has 0 radical (unpaired) electrons. The van der Waals surface area contributed by atoms with Crippen LogP contribution >= 0.6 is 12.4 Å². The Morgan fingerprint density at radius 2 is 2.19 bits per heavy atom. The van der Waals surface area contributed by atoms with Gasteiger partial charge in [0.2, 0.25) is 0 Å². The molecule has 16 heavy (non-hydrogen) atoms. The molecule has 0 saturated carbocycles. The first-order valence-corrected chi connectivity index (χ1v) is 6.19. The van der Waals surface area contributed by atoms with Gasteiger partial charge < -0.3 is 10.1 Å². The van der Waals surface area contributed by atoms with E-state index < -0.39 is 0 Å². The monoisotopic (exact) mass is 250 g/mol. The van der Waals surface area contributed by atoms with Crippen molar-refractivity contribution in [2.24, 2.45) is 5.92 Å². The van der Waals surface area contributed by atoms with E-state index in [9.17, 15) is 0 Å². The van der Waals surface area contributed by atoms with E-state index in [4.69, 9.17) is 4.74 Å². The molecule has 0 spiro atoms. The van der Waals surface area contributed by atoms with E-state index in [1.807, 2.05) is 0 Å². The van der Waals surface area contributed by atoms with Crippen LogP contribution in [-0.2, 0) is 4.74 Å². The number of piperidine rings is 1. The second-order valence-electron chi connectivity index (χ2n) is 4.90. The molecule has 1 unspecified atom stereocenters. The van der Waals surface area contributed by atoms with Gasteiger partial charge >= 0.3 is 0 Å². The van der Waals surface area contributed by atoms with Crippen LogP contribution < -0.4 is 5.32 Å². The lowest BCUT2D eigenvalue weighted by atomic mass is 10.1. The normalized spacial score (nSPS) is 22.1. The lowest BCUT2D eigenvalue weighted by Crippen LogP contribution is -2.45. The lowest BCUT2D eigenvalue weighted by Gasteiger charge is -2.32. The van der Waals surface area contributed by atoms with E-state index >= 15 is 0 Å². The number of hydrogen-bond acceptors (Lipinski definition) is 3. The maximum Gasteiger partial charge on any atom is 0.0593 e. The van der Waals surface area contributed by atoms with Crippen LogP contribution in [0.1, 0.15) is 26.7 Å². The highest BCUT2D eigenvalue weighted by atomic mass is 35.5. The van der Waals surface area contributed by atoms with Crippen LogP contribution in [0.2, 0.25) is 0 Å². The van der Waals surface area contributed by atoms with E-state index in [2.05, 4.69) is 31.1 Å². The van der Waals surface area contributed by atoms with Gasteiger partial charge in [0.05, 0.1) is 6.61 Å². The average Bonchev–Trinajstić information content (AvgIpc) is 2.24. The summed E-state index contributed by atoms with van der Waals surface area (Å²) in [6.45, 7) is 9.67. The molecule has 0 amide bonds. The maximum absolute atomic E-state index is 5.60. The molecule has 1 aliphatic heterocycles. The summed E-state index contributed by atoms with van der Waals surface area (Å²) in [6, 6.07) is 0.684. The third-order valence-electron chi connectivity index (χ3n) is 2.92. The number of halogens is 1. The fourth-order valence-electron chi connectivity index (χ4n) is 2.01. The molecule has 0 bridgehead atoms. The molecule has 1 heterocycles. The highest BCUT2D eigenvalue weighted by Crippen LogP contribution is 2.09. The van der Waals surface area contributed by atoms with Crippen molar-refractivity contribution in [2.75, 3.05) is 39.9 Å². The second-order valence-corrected chi connectivity index (χ2v) is 4.90. The summed E-state index contributed by atoms with van der Waals surface area (Å²) in [5.74, 6) is 0.649. The van der Waals surface area contributed by atoms with Gasteiger partial charge in [0.1, 0.15) is 0 Å². The summed E-state index contributed by atoms with van der Waals surface area (Å²) in [5.41, 5.74) is 0. The molecule has 1 N–H and O–H groups in total. The Hall–Kier alpha value is 0.170. The SMILES string of the molecule is CNC1CCCN(CCOCC(C)C)C1.Cl. The summed E-state index contributed by atoms with van der Waals surface area (Å²) >= 11 is 0. The zero-order valence-corrected chi connectivity index (χ0v) is 11.7. The van der Waals surface area contributed by atoms with Gasteiger partial charge in [-0.25, -0.2) is 0 Å². The van der Waals surface area contributed by atoms with Crippen molar-refractivity contribution in [3.8, 4) is 0 Å². The molecule has 1 atom stereocenters. The molecule has 1 rings (SSSR count). The molecule has 0 aromatic carbocycles. The van der Waals surface area contributed by atoms with Gasteiger partial charge in [-0.1, -0.05) is 13.8 Å². The minimum atomic E-state index is 0. The zero-order valence-electron chi connectivity index (χ0n) is 10.9. The molecule has 0 aliphatic carbocycles. The summed E-state index contributed by atoms with van der Waals surface area (Å²) in [5, 5.41) is 3.36. The van der Waals surface area contributed by atoms with Crippen LogP contribution in [-0.4, -0.2) is 50.8 Å². The molecular weight excluding hydrogens is 224 g/mol. The Morgan fingerprint density at radius 1 is 1.44 bits per heavy atom. The molecule has 1 saturated heterocycles. The zero-order chi connectivity index (χ0) is 11.1. The van der Waals surface area contributed by atoms with Gasteiger partial charge in [-0.15, -0.1) is 12.4 Å². The third kappa shape index (κ3) is 6.69. The van der Waals surface area contributed by atoms with Crippen molar-refractivity contribution in [3.63, 3.8) is 0 Å². The van der Waals surface area contributed by atoms with Gasteiger partial charge in [0.25, 0.3) is 0 Å². The first kappa shape index (κ1) is 16.2. The molecule has 98 valence electrons. The minimum absolute atomic E-state index is 0. The summed E-state index contributed by atoms with van der Waals surface area (Å²) in [6.07, 6.45) is 2.63. The van der Waals surface area contributed by atoms with Crippen molar-refractivity contribution >= 4 is 12.4 Å². The highest BCUT2D eigenvalue weighted by Gasteiger charge is 2.17. The molecule has 3 nitrogen and oxygen atoms in total. The van der Waals surface area contributed by atoms with E-state index in [1.54, 1.807) is 0 Å². The number of likely N-dealkylation sites (N-methyl/N-ethyl adjacent to an activating group) is 1. The van der Waals surface area contributed by atoms with Gasteiger partial charge in [0, 0.05) is 25.7 Å². The molecule has 0 aromatic rings. The topological polar surface area (TPSA) is 24.5 Å². The number of hydrogen-bond donors (Lipinski definition) is 1. The smallest absolute Gasteiger partial charge is 0.0593 e. The van der Waals surface area contributed by atoms with Gasteiger partial charge in [0.15, 0.2) is 0 Å². The number of rotatable bonds is 6. The Balaban J connectivity index is 0.00000225. The predicted octanol–water partition coefficient (Wildman–Crippen LogP) is 1.76. The number of nitrogens with zero attached hydrogens (tertiary/aromatic N) is 1. The van der Waals surface area contributed by atoms with E-state index in [-0.39, 0.29) is 12.4 Å². The summed E-state index contributed by atoms with van der Waals surface area (Å²) < 4.78 is 5.60. The third-order valence-corrected chi connectivity index (χ3v) is 2.92. The fourth-order valence-corrected chi connectivity index (χ4v) is 2.01. The first-order valence-electron chi connectivity index (χ1n) is 6.19. The van der Waals surface area contributed by atoms with Crippen LogP contribution in [0.25, 0.3) is 0 Å². The average molecular weight is 251 g/mol. The highest BCUT2D eigenvalue weighted by molar-refractivity contribution is 5.85. The molecule has 1 fully saturated rings. The van der Waals surface area contributed by atoms with Crippen LogP contribution in [0.4, 0.5) is 0 Å². The van der Waals surface area contributed by atoms with Gasteiger partial charge in [-0.2, -0.15) is 0 Å². The Kier molecular flexibility index (Phi) is 9.32. The van der Waals surface area contributed by atoms with Crippen molar-refractivity contribution in [1.29, 1.82) is 0 Å². The standard InChI is InChI=1S/C12H26N2O.ClH/c1-11(2)10-15-8-7-14-6-4-5-12(9-14)13-3;/h11-13H,4-10H2,1-3H3;1H. The number of nitrogens with one attached hydrogen (secondary N) is 1. The molecule has 4 heteroatoms. The summed E-state index contributed by atoms with van der Waals surface area (Å²) in [4.78, 5) is 2.50. The molecular formula is C12H27ClN2O. The van der Waals surface area contributed by atoms with Crippen molar-refractivity contribution < 1.29 is 4.74 Å². The Labute approximate surface area is 106 Å². The van der Waals surface area contributed by atoms with Crippen LogP contribution in [0, 0.1) is 5.92 Å². The molecule has 0 aromatic heterocycles. The lowest BCUT2D eigenvalue weighted by molar-refractivity contribution is 0.0755. The van der Waals surface area contributed by atoms with Crippen LogP contribution in [0.5, 0.6) is 0 Å². The van der Waals surface area contributed by atoms with Crippen molar-refractivity contribution in [3.05, 3.63) is 0 Å². The number of likely N-dealkylation sites (tertiary alicyclic amines) is 1. The molecule has 1 aliphatic rings. The van der Waals surface area contributed by atoms with E-state index in [0.29, 0.717) is 12.0 Å². The summed E-state index contributed by atoms with van der Waals surface area (Å²) in [7, 11) is 2.06. The van der Waals surface area contributed by atoms with E-state index in [0.717, 1.165) is 19.8 Å².